The minimum Gasteiger partial charge on any atom is -0.451 e. The summed E-state index contributed by atoms with van der Waals surface area (Å²) in [5.41, 5.74) is 13.7. The van der Waals surface area contributed by atoms with Gasteiger partial charge in [0.1, 0.15) is 0 Å². The Morgan fingerprint density at radius 1 is 0.469 bits per heavy atom. The van der Waals surface area contributed by atoms with Gasteiger partial charge in [-0.25, -0.2) is 0 Å². The third-order valence-corrected chi connectivity index (χ3v) is 9.83. The standard InChI is InChI=1S/C43H27BN4O/c45-28-29-23-25-32(26-24-29)47-37-21-11-12-22-40(37)49-43-39(47)27-38-41-42(43)48(31-15-5-2-6-16-31)36-20-10-8-18-34(36)44(41)33-17-7-9-19-35(33)46(38)30-13-3-1-4-14-30/h1-27H. The van der Waals surface area contributed by atoms with E-state index in [-0.39, 0.29) is 6.71 Å². The molecule has 0 fully saturated rings. The molecule has 0 spiro atoms. The Labute approximate surface area is 285 Å². The Kier molecular flexibility index (Phi) is 5.97. The fourth-order valence-electron chi connectivity index (χ4n) is 7.83. The number of rotatable bonds is 3. The molecule has 0 bridgehead atoms. The highest BCUT2D eigenvalue weighted by molar-refractivity contribution is 7.00. The normalized spacial score (nSPS) is 13.3. The van der Waals surface area contributed by atoms with Crippen LogP contribution < -0.4 is 35.8 Å². The minimum absolute atomic E-state index is 0.0215. The lowest BCUT2D eigenvalue weighted by Gasteiger charge is -2.46. The highest BCUT2D eigenvalue weighted by Gasteiger charge is 2.46. The molecule has 0 saturated carbocycles. The highest BCUT2D eigenvalue weighted by atomic mass is 16.5. The topological polar surface area (TPSA) is 42.7 Å². The summed E-state index contributed by atoms with van der Waals surface area (Å²) in [6.07, 6.45) is 0. The summed E-state index contributed by atoms with van der Waals surface area (Å²) in [4.78, 5) is 7.06. The van der Waals surface area contributed by atoms with Gasteiger partial charge in [0.25, 0.3) is 6.71 Å². The maximum atomic E-state index is 9.63. The van der Waals surface area contributed by atoms with Gasteiger partial charge in [-0.2, -0.15) is 5.26 Å². The van der Waals surface area contributed by atoms with Crippen LogP contribution in [0.1, 0.15) is 5.56 Å². The summed E-state index contributed by atoms with van der Waals surface area (Å²) < 4.78 is 7.09. The molecule has 0 saturated heterocycles. The van der Waals surface area contributed by atoms with E-state index in [4.69, 9.17) is 4.74 Å². The van der Waals surface area contributed by atoms with Crippen LogP contribution in [0.5, 0.6) is 11.5 Å². The Morgan fingerprint density at radius 2 is 0.980 bits per heavy atom. The van der Waals surface area contributed by atoms with E-state index in [0.717, 1.165) is 62.7 Å². The number of nitriles is 1. The van der Waals surface area contributed by atoms with Crippen molar-refractivity contribution >= 4 is 74.3 Å². The predicted molar refractivity (Wildman–Crippen MR) is 200 cm³/mol. The van der Waals surface area contributed by atoms with Gasteiger partial charge in [-0.3, -0.25) is 0 Å². The first-order chi connectivity index (χ1) is 24.3. The molecule has 3 heterocycles. The van der Waals surface area contributed by atoms with Crippen molar-refractivity contribution in [1.29, 1.82) is 5.26 Å². The molecule has 3 aliphatic rings. The fraction of sp³-hybridized carbons (Fsp3) is 0. The van der Waals surface area contributed by atoms with Crippen LogP contribution in [0.3, 0.4) is 0 Å². The van der Waals surface area contributed by atoms with Crippen molar-refractivity contribution in [3.05, 3.63) is 169 Å². The van der Waals surface area contributed by atoms with Gasteiger partial charge in [-0.15, -0.1) is 0 Å². The van der Waals surface area contributed by atoms with Crippen molar-refractivity contribution in [2.75, 3.05) is 14.7 Å². The lowest BCUT2D eigenvalue weighted by molar-refractivity contribution is 0.478. The summed E-state index contributed by atoms with van der Waals surface area (Å²) in [6.45, 7) is -0.0215. The number of benzene rings is 7. The van der Waals surface area contributed by atoms with Gasteiger partial charge in [-0.05, 0) is 95.3 Å². The number of hydrogen-bond acceptors (Lipinski definition) is 5. The molecule has 7 aromatic rings. The first kappa shape index (κ1) is 27.4. The van der Waals surface area contributed by atoms with Gasteiger partial charge in [-0.1, -0.05) is 84.9 Å². The van der Waals surface area contributed by atoms with Gasteiger partial charge in [0, 0.05) is 34.1 Å². The Balaban J connectivity index is 1.37. The molecular formula is C43H27BN4O. The van der Waals surface area contributed by atoms with Gasteiger partial charge >= 0.3 is 0 Å². The molecule has 6 heteroatoms. The molecule has 0 unspecified atom stereocenters. The Hall–Kier alpha value is -6.71. The second kappa shape index (κ2) is 10.7. The molecule has 0 aliphatic carbocycles. The Bertz CT molecular complexity index is 2450. The van der Waals surface area contributed by atoms with Crippen molar-refractivity contribution in [3.63, 3.8) is 0 Å². The first-order valence-electron chi connectivity index (χ1n) is 16.5. The van der Waals surface area contributed by atoms with Crippen LogP contribution in [-0.2, 0) is 0 Å². The molecular weight excluding hydrogens is 599 g/mol. The largest absolute Gasteiger partial charge is 0.451 e. The van der Waals surface area contributed by atoms with Crippen molar-refractivity contribution in [3.8, 4) is 17.6 Å². The number of fused-ring (bicyclic) bond motifs is 7. The molecule has 5 nitrogen and oxygen atoms in total. The molecule has 228 valence electrons. The number of hydrogen-bond donors (Lipinski definition) is 0. The quantitative estimate of drug-likeness (QED) is 0.183. The summed E-state index contributed by atoms with van der Waals surface area (Å²) in [5, 5.41) is 9.63. The van der Waals surface area contributed by atoms with E-state index < -0.39 is 0 Å². The molecule has 7 aromatic carbocycles. The third-order valence-electron chi connectivity index (χ3n) is 9.83. The van der Waals surface area contributed by atoms with E-state index in [2.05, 4.69) is 142 Å². The predicted octanol–water partition coefficient (Wildman–Crippen LogP) is 9.22. The van der Waals surface area contributed by atoms with Crippen LogP contribution in [0.2, 0.25) is 0 Å². The van der Waals surface area contributed by atoms with Crippen LogP contribution in [-0.4, -0.2) is 6.71 Å². The molecule has 0 amide bonds. The second-order valence-corrected chi connectivity index (χ2v) is 12.5. The fourth-order valence-corrected chi connectivity index (χ4v) is 7.83. The second-order valence-electron chi connectivity index (χ2n) is 12.5. The zero-order valence-corrected chi connectivity index (χ0v) is 26.4. The van der Waals surface area contributed by atoms with Crippen molar-refractivity contribution in [2.45, 2.75) is 0 Å². The molecule has 49 heavy (non-hydrogen) atoms. The highest BCUT2D eigenvalue weighted by Crippen LogP contribution is 2.58. The van der Waals surface area contributed by atoms with E-state index >= 15 is 0 Å². The van der Waals surface area contributed by atoms with Gasteiger partial charge < -0.3 is 19.4 Å². The molecule has 0 aromatic heterocycles. The smallest absolute Gasteiger partial charge is 0.252 e. The maximum absolute atomic E-state index is 9.63. The summed E-state index contributed by atoms with van der Waals surface area (Å²) in [7, 11) is 0. The van der Waals surface area contributed by atoms with E-state index in [1.54, 1.807) is 0 Å². The lowest BCUT2D eigenvalue weighted by atomic mass is 9.33. The van der Waals surface area contributed by atoms with Crippen LogP contribution in [0.25, 0.3) is 0 Å². The third kappa shape index (κ3) is 4.00. The molecule has 3 aliphatic heterocycles. The molecule has 0 N–H and O–H groups in total. The minimum atomic E-state index is -0.0215. The molecule has 0 radical (unpaired) electrons. The van der Waals surface area contributed by atoms with Gasteiger partial charge in [0.2, 0.25) is 0 Å². The number of anilines is 9. The van der Waals surface area contributed by atoms with E-state index in [9.17, 15) is 5.26 Å². The number of para-hydroxylation sites is 6. The van der Waals surface area contributed by atoms with Gasteiger partial charge in [0.05, 0.1) is 28.7 Å². The Morgan fingerprint density at radius 3 is 1.63 bits per heavy atom. The van der Waals surface area contributed by atoms with E-state index in [1.807, 2.05) is 42.5 Å². The first-order valence-corrected chi connectivity index (χ1v) is 16.5. The summed E-state index contributed by atoms with van der Waals surface area (Å²) >= 11 is 0. The van der Waals surface area contributed by atoms with Crippen LogP contribution in [0.4, 0.5) is 51.2 Å². The average molecular weight is 627 g/mol. The van der Waals surface area contributed by atoms with Crippen LogP contribution in [0.15, 0.2) is 164 Å². The zero-order valence-electron chi connectivity index (χ0n) is 26.4. The zero-order chi connectivity index (χ0) is 32.5. The summed E-state index contributed by atoms with van der Waals surface area (Å²) in [6, 6.07) is 59.4. The van der Waals surface area contributed by atoms with Crippen LogP contribution in [0, 0.1) is 11.3 Å². The average Bonchev–Trinajstić information content (AvgIpc) is 3.17. The van der Waals surface area contributed by atoms with Crippen molar-refractivity contribution in [2.24, 2.45) is 0 Å². The van der Waals surface area contributed by atoms with Crippen LogP contribution >= 0.6 is 0 Å². The van der Waals surface area contributed by atoms with Gasteiger partial charge in [0.15, 0.2) is 11.5 Å². The van der Waals surface area contributed by atoms with Crippen molar-refractivity contribution < 1.29 is 4.74 Å². The van der Waals surface area contributed by atoms with E-state index in [0.29, 0.717) is 5.56 Å². The number of nitrogens with zero attached hydrogens (tertiary/aromatic N) is 4. The number of ether oxygens (including phenoxy) is 1. The lowest BCUT2D eigenvalue weighted by Crippen LogP contribution is -2.61. The van der Waals surface area contributed by atoms with E-state index in [1.165, 1.54) is 16.4 Å². The maximum Gasteiger partial charge on any atom is 0.252 e. The molecule has 10 rings (SSSR count). The van der Waals surface area contributed by atoms with Crippen molar-refractivity contribution in [1.82, 2.24) is 0 Å². The monoisotopic (exact) mass is 626 g/mol. The molecule has 0 atom stereocenters. The SMILES string of the molecule is N#Cc1ccc(N2c3ccccc3Oc3c2cc2c4c3N(c3ccccc3)c3ccccc3B4c3ccccc3N2c2ccccc2)cc1. The summed E-state index contributed by atoms with van der Waals surface area (Å²) in [5.74, 6) is 1.56.